The van der Waals surface area contributed by atoms with E-state index in [1.165, 1.54) is 33.4 Å². The molecule has 0 aliphatic heterocycles. The topological polar surface area (TPSA) is 38.9 Å². The van der Waals surface area contributed by atoms with E-state index in [9.17, 15) is 0 Å². The van der Waals surface area contributed by atoms with Crippen molar-refractivity contribution in [3.63, 3.8) is 0 Å². The molecule has 0 fully saturated rings. The molecule has 0 saturated heterocycles. The second kappa shape index (κ2) is 16.2. The summed E-state index contributed by atoms with van der Waals surface area (Å²) in [7, 11) is 0. The Morgan fingerprint density at radius 1 is 0.279 bits per heavy atom. The molecule has 318 valence electrons. The Kier molecular flexibility index (Phi) is 9.40. The molecule has 0 amide bonds. The van der Waals surface area contributed by atoms with Gasteiger partial charge in [0.2, 0.25) is 0 Å². The maximum atomic E-state index is 6.24. The maximum Gasteiger partial charge on any atom is 0.160 e. The van der Waals surface area contributed by atoms with Crippen molar-refractivity contribution in [2.45, 2.75) is 5.41 Å². The Morgan fingerprint density at radius 2 is 0.779 bits per heavy atom. The summed E-state index contributed by atoms with van der Waals surface area (Å²) in [6.07, 6.45) is 0. The summed E-state index contributed by atoms with van der Waals surface area (Å²) in [6.45, 7) is 0. The van der Waals surface area contributed by atoms with Crippen LogP contribution < -0.4 is 0 Å². The van der Waals surface area contributed by atoms with Crippen LogP contribution in [0.2, 0.25) is 0 Å². The minimum absolute atomic E-state index is 0.487. The number of furan rings is 1. The number of aromatic nitrogens is 2. The van der Waals surface area contributed by atoms with Crippen LogP contribution >= 0.6 is 0 Å². The average Bonchev–Trinajstić information content (AvgIpc) is 3.95. The molecule has 3 heteroatoms. The predicted molar refractivity (Wildman–Crippen MR) is 279 cm³/mol. The van der Waals surface area contributed by atoms with Crippen LogP contribution in [0.4, 0.5) is 0 Å². The van der Waals surface area contributed by atoms with Crippen molar-refractivity contribution in [1.82, 2.24) is 9.97 Å². The fourth-order valence-electron chi connectivity index (χ4n) is 10.6. The van der Waals surface area contributed by atoms with E-state index < -0.39 is 5.41 Å². The summed E-state index contributed by atoms with van der Waals surface area (Å²) >= 11 is 0. The first-order chi connectivity index (χ1) is 33.7. The molecule has 1 aliphatic rings. The van der Waals surface area contributed by atoms with E-state index in [-0.39, 0.29) is 0 Å². The van der Waals surface area contributed by atoms with Crippen LogP contribution in [0.5, 0.6) is 0 Å². The molecule has 0 N–H and O–H groups in total. The van der Waals surface area contributed by atoms with E-state index in [1.807, 2.05) is 30.3 Å². The minimum Gasteiger partial charge on any atom is -0.456 e. The van der Waals surface area contributed by atoms with Gasteiger partial charge >= 0.3 is 0 Å². The number of benzene rings is 10. The predicted octanol–water partition coefficient (Wildman–Crippen LogP) is 16.7. The van der Waals surface area contributed by atoms with E-state index in [4.69, 9.17) is 14.4 Å². The van der Waals surface area contributed by atoms with Crippen molar-refractivity contribution in [3.05, 3.63) is 277 Å². The average molecular weight is 867 g/mol. The molecule has 0 radical (unpaired) electrons. The summed E-state index contributed by atoms with van der Waals surface area (Å²) in [5, 5.41) is 2.20. The highest BCUT2D eigenvalue weighted by Crippen LogP contribution is 2.56. The Morgan fingerprint density at radius 3 is 1.53 bits per heavy atom. The van der Waals surface area contributed by atoms with Gasteiger partial charge in [-0.15, -0.1) is 0 Å². The minimum atomic E-state index is -0.487. The molecule has 13 rings (SSSR count). The quantitative estimate of drug-likeness (QED) is 0.153. The smallest absolute Gasteiger partial charge is 0.160 e. The number of para-hydroxylation sites is 1. The first-order valence-corrected chi connectivity index (χ1v) is 23.2. The molecule has 3 nitrogen and oxygen atoms in total. The zero-order valence-electron chi connectivity index (χ0n) is 37.1. The maximum absolute atomic E-state index is 6.24. The van der Waals surface area contributed by atoms with Crippen molar-refractivity contribution < 1.29 is 4.42 Å². The third kappa shape index (κ3) is 6.59. The van der Waals surface area contributed by atoms with Crippen molar-refractivity contribution >= 4 is 21.9 Å². The molecular weight excluding hydrogens is 825 g/mol. The Bertz CT molecular complexity index is 3800. The fourth-order valence-corrected chi connectivity index (χ4v) is 10.6. The first kappa shape index (κ1) is 39.4. The Balaban J connectivity index is 0.971. The van der Waals surface area contributed by atoms with Gasteiger partial charge in [0.15, 0.2) is 5.82 Å². The molecule has 12 aromatic rings. The summed E-state index contributed by atoms with van der Waals surface area (Å²) < 4.78 is 6.24. The number of hydrogen-bond acceptors (Lipinski definition) is 3. The normalized spacial score (nSPS) is 12.5. The van der Waals surface area contributed by atoms with Gasteiger partial charge in [-0.05, 0) is 121 Å². The van der Waals surface area contributed by atoms with E-state index in [0.29, 0.717) is 5.82 Å². The van der Waals surface area contributed by atoms with Crippen LogP contribution in [0, 0.1) is 0 Å². The van der Waals surface area contributed by atoms with Crippen LogP contribution in [-0.2, 0) is 5.41 Å². The molecule has 10 aromatic carbocycles. The number of fused-ring (bicyclic) bond motifs is 6. The largest absolute Gasteiger partial charge is 0.456 e. The van der Waals surface area contributed by atoms with Gasteiger partial charge in [0.05, 0.1) is 16.8 Å². The van der Waals surface area contributed by atoms with Crippen LogP contribution in [0.15, 0.2) is 259 Å². The summed E-state index contributed by atoms with van der Waals surface area (Å²) in [6, 6.07) is 91.4. The van der Waals surface area contributed by atoms with Gasteiger partial charge in [-0.1, -0.05) is 200 Å². The lowest BCUT2D eigenvalue weighted by Crippen LogP contribution is -2.28. The van der Waals surface area contributed by atoms with Gasteiger partial charge in [0.25, 0.3) is 0 Å². The van der Waals surface area contributed by atoms with Gasteiger partial charge in [-0.2, -0.15) is 0 Å². The van der Waals surface area contributed by atoms with E-state index in [1.54, 1.807) is 0 Å². The van der Waals surface area contributed by atoms with Crippen molar-refractivity contribution in [2.24, 2.45) is 0 Å². The Hall–Kier alpha value is -8.92. The highest BCUT2D eigenvalue weighted by molar-refractivity contribution is 6.06. The molecule has 2 heterocycles. The van der Waals surface area contributed by atoms with Crippen molar-refractivity contribution in [2.75, 3.05) is 0 Å². The van der Waals surface area contributed by atoms with Gasteiger partial charge in [-0.25, -0.2) is 9.97 Å². The molecule has 0 spiro atoms. The lowest BCUT2D eigenvalue weighted by molar-refractivity contribution is 0.669. The second-order valence-electron chi connectivity index (χ2n) is 17.7. The summed E-state index contributed by atoms with van der Waals surface area (Å²) in [5.41, 5.74) is 20.3. The zero-order chi connectivity index (χ0) is 45.0. The van der Waals surface area contributed by atoms with E-state index in [2.05, 4.69) is 224 Å². The third-order valence-corrected chi connectivity index (χ3v) is 13.8. The van der Waals surface area contributed by atoms with Crippen LogP contribution in [0.3, 0.4) is 0 Å². The standard InChI is InChI=1S/C65H42N2O/c1-5-18-43(19-6-1)49-37-50(46-33-35-63-57(40-46)56-29-14-16-31-62(56)68-63)39-51(38-49)61-42-60(66-64(67-61)44-20-7-2-8-21-44)48-23-17-22-45(36-48)47-32-34-55-54-28-13-15-30-58(54)65(59(55)41-47,52-24-9-3-10-25-52)53-26-11-4-12-27-53/h1-42H. The molecule has 2 aromatic heterocycles. The van der Waals surface area contributed by atoms with Crippen molar-refractivity contribution in [3.8, 4) is 78.4 Å². The third-order valence-electron chi connectivity index (χ3n) is 13.8. The van der Waals surface area contributed by atoms with E-state index in [0.717, 1.165) is 83.4 Å². The monoisotopic (exact) mass is 866 g/mol. The Labute approximate surface area is 395 Å². The van der Waals surface area contributed by atoms with Gasteiger partial charge in [0, 0.05) is 27.5 Å². The summed E-state index contributed by atoms with van der Waals surface area (Å²) in [5.74, 6) is 0.673. The second-order valence-corrected chi connectivity index (χ2v) is 17.7. The number of nitrogens with zero attached hydrogens (tertiary/aromatic N) is 2. The molecule has 0 saturated carbocycles. The number of rotatable bonds is 8. The molecule has 1 aliphatic carbocycles. The number of hydrogen-bond donors (Lipinski definition) is 0. The van der Waals surface area contributed by atoms with Gasteiger partial charge in [0.1, 0.15) is 11.2 Å². The zero-order valence-corrected chi connectivity index (χ0v) is 37.1. The molecule has 68 heavy (non-hydrogen) atoms. The molecule has 0 bridgehead atoms. The molecular formula is C65H42N2O. The van der Waals surface area contributed by atoms with E-state index >= 15 is 0 Å². The van der Waals surface area contributed by atoms with Gasteiger partial charge < -0.3 is 4.42 Å². The van der Waals surface area contributed by atoms with Crippen LogP contribution in [0.1, 0.15) is 22.3 Å². The lowest BCUT2D eigenvalue weighted by Gasteiger charge is -2.34. The first-order valence-electron chi connectivity index (χ1n) is 23.2. The highest BCUT2D eigenvalue weighted by atomic mass is 16.3. The SMILES string of the molecule is c1ccc(-c2cc(-c3ccc4oc5ccccc5c4c3)cc(-c3cc(-c4cccc(-c5ccc6c(c5)C(c5ccccc5)(c5ccccc5)c5ccccc5-6)c4)nc(-c4ccccc4)n3)c2)cc1. The van der Waals surface area contributed by atoms with Gasteiger partial charge in [-0.3, -0.25) is 0 Å². The van der Waals surface area contributed by atoms with Crippen LogP contribution in [-0.4, -0.2) is 9.97 Å². The summed E-state index contributed by atoms with van der Waals surface area (Å²) in [4.78, 5) is 10.7. The van der Waals surface area contributed by atoms with Crippen LogP contribution in [0.25, 0.3) is 100 Å². The highest BCUT2D eigenvalue weighted by Gasteiger charge is 2.46. The molecule has 0 unspecified atom stereocenters. The fraction of sp³-hybridized carbons (Fsp3) is 0.0154. The van der Waals surface area contributed by atoms with Crippen molar-refractivity contribution in [1.29, 1.82) is 0 Å². The molecule has 0 atom stereocenters. The lowest BCUT2D eigenvalue weighted by atomic mass is 9.67.